The average Bonchev–Trinajstić information content (AvgIpc) is 2.55. The third-order valence-corrected chi connectivity index (χ3v) is 3.49. The van der Waals surface area contributed by atoms with Crippen molar-refractivity contribution in [2.75, 3.05) is 31.6 Å². The number of amides is 1. The molecule has 9 nitrogen and oxygen atoms in total. The van der Waals surface area contributed by atoms with Crippen LogP contribution < -0.4 is 5.32 Å². The van der Waals surface area contributed by atoms with Gasteiger partial charge in [0, 0.05) is 25.6 Å². The molecule has 1 aromatic carbocycles. The van der Waals surface area contributed by atoms with Gasteiger partial charge in [-0.1, -0.05) is 12.1 Å². The Morgan fingerprint density at radius 3 is 2.87 bits per heavy atom. The highest BCUT2D eigenvalue weighted by Gasteiger charge is 2.32. The number of ether oxygens (including phenoxy) is 1. The van der Waals surface area contributed by atoms with Gasteiger partial charge in [0.05, 0.1) is 18.1 Å². The van der Waals surface area contributed by atoms with Crippen LogP contribution in [0, 0.1) is 10.1 Å². The summed E-state index contributed by atoms with van der Waals surface area (Å²) in [5, 5.41) is 22.8. The zero-order chi connectivity index (χ0) is 16.8. The summed E-state index contributed by atoms with van der Waals surface area (Å²) in [6.45, 7) is 0.667. The standard InChI is InChI=1S/C14H17N3O6/c18-13(16-7-8-23-9-12(16)14(19)20)5-6-15-10-3-1-2-4-11(10)17(21)22/h1-4,12,15H,5-9H2,(H,19,20). The molecule has 0 bridgehead atoms. The predicted octanol–water partition coefficient (Wildman–Crippen LogP) is 0.709. The molecule has 1 saturated heterocycles. The highest BCUT2D eigenvalue weighted by Crippen LogP contribution is 2.23. The van der Waals surface area contributed by atoms with E-state index in [-0.39, 0.29) is 37.7 Å². The summed E-state index contributed by atoms with van der Waals surface area (Å²) in [5.41, 5.74) is 0.247. The van der Waals surface area contributed by atoms with E-state index in [1.807, 2.05) is 0 Å². The van der Waals surface area contributed by atoms with Crippen LogP contribution in [0.1, 0.15) is 6.42 Å². The molecule has 1 unspecified atom stereocenters. The number of anilines is 1. The summed E-state index contributed by atoms with van der Waals surface area (Å²) in [4.78, 5) is 34.9. The van der Waals surface area contributed by atoms with Gasteiger partial charge in [-0.25, -0.2) is 4.79 Å². The fourth-order valence-electron chi connectivity index (χ4n) is 2.34. The quantitative estimate of drug-likeness (QED) is 0.584. The van der Waals surface area contributed by atoms with Crippen molar-refractivity contribution < 1.29 is 24.4 Å². The maximum Gasteiger partial charge on any atom is 0.328 e. The van der Waals surface area contributed by atoms with Crippen LogP contribution in [-0.4, -0.2) is 59.2 Å². The van der Waals surface area contributed by atoms with Gasteiger partial charge in [0.2, 0.25) is 5.91 Å². The van der Waals surface area contributed by atoms with Crippen LogP contribution in [0.5, 0.6) is 0 Å². The van der Waals surface area contributed by atoms with E-state index in [0.29, 0.717) is 12.3 Å². The van der Waals surface area contributed by atoms with Gasteiger partial charge in [0.1, 0.15) is 5.69 Å². The van der Waals surface area contributed by atoms with Gasteiger partial charge in [-0.05, 0) is 6.07 Å². The molecule has 2 rings (SSSR count). The molecule has 1 heterocycles. The molecule has 1 amide bonds. The van der Waals surface area contributed by atoms with Crippen molar-refractivity contribution in [2.45, 2.75) is 12.5 Å². The topological polar surface area (TPSA) is 122 Å². The first-order chi connectivity index (χ1) is 11.0. The Hall–Kier alpha value is -2.68. The fourth-order valence-corrected chi connectivity index (χ4v) is 2.34. The molecule has 0 spiro atoms. The smallest absolute Gasteiger partial charge is 0.328 e. The Morgan fingerprint density at radius 2 is 2.17 bits per heavy atom. The summed E-state index contributed by atoms with van der Waals surface area (Å²) < 4.78 is 5.07. The average molecular weight is 323 g/mol. The van der Waals surface area contributed by atoms with Gasteiger partial charge in [0.25, 0.3) is 5.69 Å². The highest BCUT2D eigenvalue weighted by atomic mass is 16.6. The summed E-state index contributed by atoms with van der Waals surface area (Å²) >= 11 is 0. The maximum absolute atomic E-state index is 12.2. The minimum atomic E-state index is -1.11. The molecule has 1 aliphatic rings. The molecule has 1 aromatic rings. The minimum Gasteiger partial charge on any atom is -0.480 e. The molecule has 0 aromatic heterocycles. The lowest BCUT2D eigenvalue weighted by Crippen LogP contribution is -2.52. The van der Waals surface area contributed by atoms with Crippen molar-refractivity contribution >= 4 is 23.3 Å². The van der Waals surface area contributed by atoms with Gasteiger partial charge < -0.3 is 20.1 Å². The van der Waals surface area contributed by atoms with Crippen LogP contribution in [-0.2, 0) is 14.3 Å². The molecule has 23 heavy (non-hydrogen) atoms. The van der Waals surface area contributed by atoms with Crippen LogP contribution in [0.25, 0.3) is 0 Å². The summed E-state index contributed by atoms with van der Waals surface area (Å²) in [6, 6.07) is 5.14. The number of carboxylic acid groups (broad SMARTS) is 1. The molecule has 0 radical (unpaired) electrons. The second-order valence-corrected chi connectivity index (χ2v) is 4.97. The van der Waals surface area contributed by atoms with Crippen molar-refractivity contribution in [3.63, 3.8) is 0 Å². The lowest BCUT2D eigenvalue weighted by molar-refractivity contribution is -0.384. The van der Waals surface area contributed by atoms with E-state index in [4.69, 9.17) is 9.84 Å². The molecule has 0 saturated carbocycles. The summed E-state index contributed by atoms with van der Waals surface area (Å²) in [7, 11) is 0. The molecule has 1 aliphatic heterocycles. The Bertz CT molecular complexity index is 606. The Labute approximate surface area is 132 Å². The molecule has 1 atom stereocenters. The van der Waals surface area contributed by atoms with E-state index in [9.17, 15) is 19.7 Å². The lowest BCUT2D eigenvalue weighted by Gasteiger charge is -2.32. The number of carbonyl (C=O) groups is 2. The zero-order valence-corrected chi connectivity index (χ0v) is 12.3. The van der Waals surface area contributed by atoms with E-state index < -0.39 is 16.9 Å². The maximum atomic E-state index is 12.2. The van der Waals surface area contributed by atoms with E-state index in [1.165, 1.54) is 11.0 Å². The number of hydrogen-bond acceptors (Lipinski definition) is 6. The van der Waals surface area contributed by atoms with Gasteiger partial charge in [0.15, 0.2) is 6.04 Å². The molecule has 124 valence electrons. The zero-order valence-electron chi connectivity index (χ0n) is 12.3. The number of nitro benzene ring substituents is 1. The number of aliphatic carboxylic acids is 1. The van der Waals surface area contributed by atoms with Crippen LogP contribution in [0.15, 0.2) is 24.3 Å². The SMILES string of the molecule is O=C(O)C1COCCN1C(=O)CCNc1ccccc1[N+](=O)[O-]. The lowest BCUT2D eigenvalue weighted by atomic mass is 10.2. The molecule has 9 heteroatoms. The molecule has 1 fully saturated rings. The van der Waals surface area contributed by atoms with Crippen molar-refractivity contribution in [1.29, 1.82) is 0 Å². The van der Waals surface area contributed by atoms with E-state index in [2.05, 4.69) is 5.32 Å². The number of nitrogens with zero attached hydrogens (tertiary/aromatic N) is 2. The number of hydrogen-bond donors (Lipinski definition) is 2. The van der Waals surface area contributed by atoms with Crippen molar-refractivity contribution in [3.8, 4) is 0 Å². The fraction of sp³-hybridized carbons (Fsp3) is 0.429. The number of carboxylic acids is 1. The third kappa shape index (κ3) is 4.16. The normalized spacial score (nSPS) is 17.6. The number of morpholine rings is 1. The molecular weight excluding hydrogens is 306 g/mol. The molecular formula is C14H17N3O6. The summed E-state index contributed by atoms with van der Waals surface area (Å²) in [5.74, 6) is -1.43. The second kappa shape index (κ2) is 7.54. The van der Waals surface area contributed by atoms with E-state index >= 15 is 0 Å². The van der Waals surface area contributed by atoms with E-state index in [0.717, 1.165) is 0 Å². The largest absolute Gasteiger partial charge is 0.480 e. The predicted molar refractivity (Wildman–Crippen MR) is 80.2 cm³/mol. The van der Waals surface area contributed by atoms with Gasteiger partial charge in [-0.15, -0.1) is 0 Å². The Balaban J connectivity index is 1.92. The van der Waals surface area contributed by atoms with E-state index in [1.54, 1.807) is 18.2 Å². The molecule has 2 N–H and O–H groups in total. The molecule has 0 aliphatic carbocycles. The van der Waals surface area contributed by atoms with Crippen molar-refractivity contribution in [3.05, 3.63) is 34.4 Å². The minimum absolute atomic E-state index is 0.0291. The number of nitrogens with one attached hydrogen (secondary N) is 1. The van der Waals surface area contributed by atoms with Crippen LogP contribution in [0.3, 0.4) is 0 Å². The number of carbonyl (C=O) groups excluding carboxylic acids is 1. The first-order valence-corrected chi connectivity index (χ1v) is 7.08. The third-order valence-electron chi connectivity index (χ3n) is 3.49. The van der Waals surface area contributed by atoms with Crippen molar-refractivity contribution in [1.82, 2.24) is 4.90 Å². The number of rotatable bonds is 6. The Kier molecular flexibility index (Phi) is 5.47. The Morgan fingerprint density at radius 1 is 1.43 bits per heavy atom. The van der Waals surface area contributed by atoms with Gasteiger partial charge in [-0.2, -0.15) is 0 Å². The van der Waals surface area contributed by atoms with Gasteiger partial charge >= 0.3 is 5.97 Å². The van der Waals surface area contributed by atoms with Crippen LogP contribution in [0.2, 0.25) is 0 Å². The second-order valence-electron chi connectivity index (χ2n) is 4.97. The first-order valence-electron chi connectivity index (χ1n) is 7.08. The number of benzene rings is 1. The highest BCUT2D eigenvalue weighted by molar-refractivity contribution is 5.84. The number of nitro groups is 1. The summed E-state index contributed by atoms with van der Waals surface area (Å²) in [6.07, 6.45) is 0.0375. The van der Waals surface area contributed by atoms with Gasteiger partial charge in [-0.3, -0.25) is 14.9 Å². The van der Waals surface area contributed by atoms with Crippen LogP contribution in [0.4, 0.5) is 11.4 Å². The van der Waals surface area contributed by atoms with Crippen molar-refractivity contribution in [2.24, 2.45) is 0 Å². The monoisotopic (exact) mass is 323 g/mol. The van der Waals surface area contributed by atoms with Crippen LogP contribution >= 0.6 is 0 Å². The number of para-hydroxylation sites is 2. The first kappa shape index (κ1) is 16.7.